The summed E-state index contributed by atoms with van der Waals surface area (Å²) >= 11 is 0. The van der Waals surface area contributed by atoms with Gasteiger partial charge < -0.3 is 34.1 Å². The van der Waals surface area contributed by atoms with Crippen LogP contribution in [0, 0.1) is 0 Å². The third kappa shape index (κ3) is 5.91. The van der Waals surface area contributed by atoms with Crippen LogP contribution in [-0.4, -0.2) is 95.7 Å². The van der Waals surface area contributed by atoms with Gasteiger partial charge in [-0.1, -0.05) is 0 Å². The van der Waals surface area contributed by atoms with Gasteiger partial charge in [0.1, 0.15) is 12.7 Å². The van der Waals surface area contributed by atoms with Crippen LogP contribution in [0.4, 0.5) is 4.79 Å². The molecule has 0 spiro atoms. The lowest BCUT2D eigenvalue weighted by atomic mass is 9.96. The van der Waals surface area contributed by atoms with E-state index in [1.165, 1.54) is 0 Å². The molecule has 32 heavy (non-hydrogen) atoms. The van der Waals surface area contributed by atoms with Crippen LogP contribution in [0.3, 0.4) is 0 Å². The van der Waals surface area contributed by atoms with Crippen LogP contribution in [0.1, 0.15) is 27.7 Å². The van der Waals surface area contributed by atoms with E-state index in [1.54, 1.807) is 0 Å². The van der Waals surface area contributed by atoms with Crippen LogP contribution in [-0.2, 0) is 47.7 Å². The van der Waals surface area contributed by atoms with E-state index in [1.807, 2.05) is 0 Å². The predicted molar refractivity (Wildman–Crippen MR) is 98.2 cm³/mol. The third-order valence-electron chi connectivity index (χ3n) is 4.41. The summed E-state index contributed by atoms with van der Waals surface area (Å²) in [5.41, 5.74) is 0. The monoisotopic (exact) mass is 460 g/mol. The van der Waals surface area contributed by atoms with Crippen molar-refractivity contribution >= 4 is 35.8 Å². The first-order valence-electron chi connectivity index (χ1n) is 9.51. The number of β-amino-alcohol motifs (C(OH)–C–C–N with tert-alkyl or cyclic N) is 1. The molecule has 0 aromatic carbocycles. The maximum absolute atomic E-state index is 12.5. The number of aliphatic hydroxyl groups excluding tert-OH is 1. The molecular weight excluding hydrogens is 436 g/mol. The number of esters is 4. The lowest BCUT2D eigenvalue weighted by Crippen LogP contribution is -2.71. The molecule has 6 atom stereocenters. The second kappa shape index (κ2) is 10.4. The number of carbonyl (C=O) groups is 6. The number of carbonyl (C=O) groups excluding carboxylic acids is 6. The molecule has 0 aliphatic carbocycles. The van der Waals surface area contributed by atoms with Gasteiger partial charge in [0.15, 0.2) is 30.6 Å². The minimum Gasteiger partial charge on any atom is -0.463 e. The number of imide groups is 1. The van der Waals surface area contributed by atoms with E-state index < -0.39 is 79.2 Å². The van der Waals surface area contributed by atoms with Crippen molar-refractivity contribution in [2.45, 2.75) is 64.4 Å². The Balaban J connectivity index is 2.55. The predicted octanol–water partition coefficient (Wildman–Crippen LogP) is -2.02. The first-order chi connectivity index (χ1) is 14.9. The molecule has 0 bridgehead atoms. The highest BCUT2D eigenvalue weighted by atomic mass is 16.7. The molecule has 14 nitrogen and oxygen atoms in total. The molecular formula is C18H24N2O12. The number of aliphatic hydroxyl groups is 1. The Morgan fingerprint density at radius 3 is 2.00 bits per heavy atom. The van der Waals surface area contributed by atoms with Crippen molar-refractivity contribution in [2.24, 2.45) is 0 Å². The maximum Gasteiger partial charge on any atom is 0.326 e. The normalized spacial score (nSPS) is 30.1. The first-order valence-corrected chi connectivity index (χ1v) is 9.51. The summed E-state index contributed by atoms with van der Waals surface area (Å²) in [5, 5.41) is 12.2. The van der Waals surface area contributed by atoms with E-state index in [4.69, 9.17) is 23.7 Å². The van der Waals surface area contributed by atoms with Crippen LogP contribution in [0.2, 0.25) is 0 Å². The molecule has 2 rings (SSSR count). The lowest BCUT2D eigenvalue weighted by molar-refractivity contribution is -0.272. The molecule has 0 aromatic rings. The number of urea groups is 1. The third-order valence-corrected chi connectivity index (χ3v) is 4.41. The van der Waals surface area contributed by atoms with Crippen molar-refractivity contribution in [2.75, 3.05) is 13.2 Å². The summed E-state index contributed by atoms with van der Waals surface area (Å²) in [5.74, 6) is -4.39. The summed E-state index contributed by atoms with van der Waals surface area (Å²) in [6, 6.07) is -0.985. The summed E-state index contributed by atoms with van der Waals surface area (Å²) in [6.07, 6.45) is -9.33. The van der Waals surface area contributed by atoms with Gasteiger partial charge in [0.2, 0.25) is 0 Å². The van der Waals surface area contributed by atoms with E-state index in [9.17, 15) is 33.9 Å². The van der Waals surface area contributed by atoms with Crippen LogP contribution >= 0.6 is 0 Å². The number of rotatable bonds is 6. The molecule has 2 saturated heterocycles. The smallest absolute Gasteiger partial charge is 0.326 e. The molecule has 2 aliphatic heterocycles. The Morgan fingerprint density at radius 1 is 0.938 bits per heavy atom. The topological polar surface area (TPSA) is 184 Å². The lowest BCUT2D eigenvalue weighted by Gasteiger charge is -2.47. The van der Waals surface area contributed by atoms with Gasteiger partial charge in [-0.25, -0.2) is 9.69 Å². The summed E-state index contributed by atoms with van der Waals surface area (Å²) in [4.78, 5) is 72.0. The van der Waals surface area contributed by atoms with Crippen molar-refractivity contribution < 1.29 is 57.6 Å². The van der Waals surface area contributed by atoms with Gasteiger partial charge in [-0.2, -0.15) is 0 Å². The van der Waals surface area contributed by atoms with E-state index in [0.29, 0.717) is 4.90 Å². The Bertz CT molecular complexity index is 799. The molecule has 0 saturated carbocycles. The SMILES string of the molecule is CC(=O)OC[C@H]1OC(N2C(=O)NC[C@H](O)C2=O)[C@H](OC(C)=O)[C@@H](OC(C)=O)[C@@H]1OC(C)=O. The standard InChI is InChI=1S/C18H24N2O12/c1-7(21)28-6-12-13(29-8(2)22)14(30-9(3)23)15(31-10(4)24)17(32-12)20-16(26)11(25)5-19-18(20)27/h11-15,17,25H,5-6H2,1-4H3,(H,19,27)/t11-,12+,13+,14-,15+,17?/m0/s1. The van der Waals surface area contributed by atoms with E-state index in [0.717, 1.165) is 27.7 Å². The number of nitrogens with one attached hydrogen (secondary N) is 1. The molecule has 178 valence electrons. The molecule has 2 heterocycles. The molecule has 0 radical (unpaired) electrons. The zero-order valence-corrected chi connectivity index (χ0v) is 17.8. The van der Waals surface area contributed by atoms with Gasteiger partial charge in [0.05, 0.1) is 6.54 Å². The average molecular weight is 460 g/mol. The van der Waals surface area contributed by atoms with Crippen LogP contribution in [0.25, 0.3) is 0 Å². The molecule has 2 N–H and O–H groups in total. The fraction of sp³-hybridized carbons (Fsp3) is 0.667. The summed E-state index contributed by atoms with van der Waals surface area (Å²) in [7, 11) is 0. The number of hydrogen-bond donors (Lipinski definition) is 2. The average Bonchev–Trinajstić information content (AvgIpc) is 2.66. The number of hydrogen-bond acceptors (Lipinski definition) is 12. The highest BCUT2D eigenvalue weighted by Crippen LogP contribution is 2.32. The van der Waals surface area contributed by atoms with Gasteiger partial charge in [-0.05, 0) is 0 Å². The minimum atomic E-state index is -1.72. The van der Waals surface area contributed by atoms with Crippen LogP contribution < -0.4 is 5.32 Å². The van der Waals surface area contributed by atoms with Gasteiger partial charge >= 0.3 is 29.9 Å². The molecule has 0 aromatic heterocycles. The maximum atomic E-state index is 12.5. The first kappa shape index (κ1) is 25.0. The van der Waals surface area contributed by atoms with Crippen molar-refractivity contribution in [3.8, 4) is 0 Å². The van der Waals surface area contributed by atoms with Gasteiger partial charge in [0.25, 0.3) is 5.91 Å². The number of ether oxygens (including phenoxy) is 5. The quantitative estimate of drug-likeness (QED) is 0.328. The van der Waals surface area contributed by atoms with E-state index in [-0.39, 0.29) is 6.54 Å². The molecule has 14 heteroatoms. The fourth-order valence-corrected chi connectivity index (χ4v) is 3.27. The van der Waals surface area contributed by atoms with Gasteiger partial charge in [0, 0.05) is 27.7 Å². The van der Waals surface area contributed by atoms with Crippen molar-refractivity contribution in [3.63, 3.8) is 0 Å². The fourth-order valence-electron chi connectivity index (χ4n) is 3.27. The minimum absolute atomic E-state index is 0.362. The Kier molecular flexibility index (Phi) is 8.10. The van der Waals surface area contributed by atoms with Crippen molar-refractivity contribution in [3.05, 3.63) is 0 Å². The highest BCUT2D eigenvalue weighted by molar-refractivity contribution is 5.99. The summed E-state index contributed by atoms with van der Waals surface area (Å²) in [6.45, 7) is 3.31. The molecule has 3 amide bonds. The Morgan fingerprint density at radius 2 is 1.47 bits per heavy atom. The highest BCUT2D eigenvalue weighted by Gasteiger charge is 2.56. The molecule has 2 fully saturated rings. The zero-order chi connectivity index (χ0) is 24.2. The Hall–Kier alpha value is -3.26. The molecule has 1 unspecified atom stereocenters. The molecule has 2 aliphatic rings. The number of nitrogens with zero attached hydrogens (tertiary/aromatic N) is 1. The van der Waals surface area contributed by atoms with Gasteiger partial charge in [-0.15, -0.1) is 0 Å². The van der Waals surface area contributed by atoms with Crippen LogP contribution in [0.15, 0.2) is 0 Å². The van der Waals surface area contributed by atoms with Crippen molar-refractivity contribution in [1.29, 1.82) is 0 Å². The second-order valence-corrected chi connectivity index (χ2v) is 7.00. The summed E-state index contributed by atoms with van der Waals surface area (Å²) < 4.78 is 26.2. The second-order valence-electron chi connectivity index (χ2n) is 7.00. The van der Waals surface area contributed by atoms with E-state index >= 15 is 0 Å². The van der Waals surface area contributed by atoms with Gasteiger partial charge in [-0.3, -0.25) is 24.0 Å². The van der Waals surface area contributed by atoms with Crippen LogP contribution in [0.5, 0.6) is 0 Å². The zero-order valence-electron chi connectivity index (χ0n) is 17.8. The Labute approximate surface area is 182 Å². The number of amides is 3. The van der Waals surface area contributed by atoms with E-state index in [2.05, 4.69) is 5.32 Å². The van der Waals surface area contributed by atoms with Crippen molar-refractivity contribution in [1.82, 2.24) is 10.2 Å². The largest absolute Gasteiger partial charge is 0.463 e.